The number of hydrogen-bond acceptors (Lipinski definition) is 9. The summed E-state index contributed by atoms with van der Waals surface area (Å²) in [5, 5.41) is 9.31. The molecule has 1 heterocycles. The normalized spacial score (nSPS) is 15.0. The minimum absolute atomic E-state index is 0.0376. The molecule has 1 aromatic carbocycles. The van der Waals surface area contributed by atoms with E-state index in [0.29, 0.717) is 26.2 Å². The Morgan fingerprint density at radius 3 is 2.16 bits per heavy atom. The molecule has 0 bridgehead atoms. The number of methoxy groups -OCH3 is 1. The SMILES string of the molecule is CCOC(=O)/C(C#N)=C/C(C(=O)OCC)=C(/N)N1CCN(c2ccc(OC)cc2)CC1. The van der Waals surface area contributed by atoms with Crippen molar-refractivity contribution < 1.29 is 23.8 Å². The van der Waals surface area contributed by atoms with Crippen molar-refractivity contribution in [2.75, 3.05) is 51.4 Å². The Morgan fingerprint density at radius 2 is 1.65 bits per heavy atom. The van der Waals surface area contributed by atoms with Crippen molar-refractivity contribution in [3.63, 3.8) is 0 Å². The highest BCUT2D eigenvalue weighted by Gasteiger charge is 2.24. The van der Waals surface area contributed by atoms with Gasteiger partial charge in [0.1, 0.15) is 28.8 Å². The molecule has 1 aliphatic rings. The van der Waals surface area contributed by atoms with Gasteiger partial charge in [-0.05, 0) is 44.2 Å². The van der Waals surface area contributed by atoms with Crippen molar-refractivity contribution in [1.82, 2.24) is 4.90 Å². The molecule has 166 valence electrons. The zero-order chi connectivity index (χ0) is 22.8. The van der Waals surface area contributed by atoms with Crippen molar-refractivity contribution in [2.45, 2.75) is 13.8 Å². The van der Waals surface area contributed by atoms with E-state index >= 15 is 0 Å². The van der Waals surface area contributed by atoms with Crippen molar-refractivity contribution in [1.29, 1.82) is 5.26 Å². The largest absolute Gasteiger partial charge is 0.497 e. The van der Waals surface area contributed by atoms with Gasteiger partial charge in [0.05, 0.1) is 20.3 Å². The third-order valence-corrected chi connectivity index (χ3v) is 4.73. The number of esters is 2. The van der Waals surface area contributed by atoms with E-state index in [2.05, 4.69) is 4.90 Å². The fraction of sp³-hybridized carbons (Fsp3) is 0.409. The molecule has 0 atom stereocenters. The molecule has 31 heavy (non-hydrogen) atoms. The first-order valence-corrected chi connectivity index (χ1v) is 10.0. The third-order valence-electron chi connectivity index (χ3n) is 4.73. The first-order valence-electron chi connectivity index (χ1n) is 10.0. The smallest absolute Gasteiger partial charge is 0.348 e. The highest BCUT2D eigenvalue weighted by atomic mass is 16.5. The van der Waals surface area contributed by atoms with Gasteiger partial charge in [-0.1, -0.05) is 0 Å². The van der Waals surface area contributed by atoms with E-state index in [0.717, 1.165) is 17.5 Å². The van der Waals surface area contributed by atoms with Crippen LogP contribution >= 0.6 is 0 Å². The second-order valence-electron chi connectivity index (χ2n) is 6.58. The van der Waals surface area contributed by atoms with Crippen LogP contribution in [0.25, 0.3) is 0 Å². The molecule has 1 aromatic rings. The average molecular weight is 428 g/mol. The maximum absolute atomic E-state index is 12.5. The molecule has 0 aromatic heterocycles. The second kappa shape index (κ2) is 11.5. The van der Waals surface area contributed by atoms with Crippen LogP contribution in [0.5, 0.6) is 5.75 Å². The molecule has 0 radical (unpaired) electrons. The van der Waals surface area contributed by atoms with Crippen LogP contribution in [0.4, 0.5) is 5.69 Å². The van der Waals surface area contributed by atoms with E-state index in [-0.39, 0.29) is 30.2 Å². The lowest BCUT2D eigenvalue weighted by Gasteiger charge is -2.37. The predicted octanol–water partition coefficient (Wildman–Crippen LogP) is 1.56. The lowest BCUT2D eigenvalue weighted by atomic mass is 10.1. The van der Waals surface area contributed by atoms with Crippen LogP contribution in [0, 0.1) is 11.3 Å². The Kier molecular flexibility index (Phi) is 8.76. The average Bonchev–Trinajstić information content (AvgIpc) is 2.80. The standard InChI is InChI=1S/C22H28N4O5/c1-4-30-21(27)16(15-23)14-19(22(28)31-5-2)20(24)26-12-10-25(11-13-26)17-6-8-18(29-3)9-7-17/h6-9,14H,4-5,10-13,24H2,1-3H3/b16-14+,20-19+. The number of carbonyl (C=O) groups is 2. The van der Waals surface area contributed by atoms with Crippen LogP contribution in [0.3, 0.4) is 0 Å². The van der Waals surface area contributed by atoms with E-state index in [1.807, 2.05) is 29.2 Å². The highest BCUT2D eigenvalue weighted by molar-refractivity contribution is 5.99. The van der Waals surface area contributed by atoms with Gasteiger partial charge in [-0.25, -0.2) is 9.59 Å². The Bertz CT molecular complexity index is 878. The van der Waals surface area contributed by atoms with Gasteiger partial charge in [0.15, 0.2) is 0 Å². The van der Waals surface area contributed by atoms with Gasteiger partial charge in [0, 0.05) is 31.9 Å². The second-order valence-corrected chi connectivity index (χ2v) is 6.58. The summed E-state index contributed by atoms with van der Waals surface area (Å²) in [5.41, 5.74) is 6.99. The Labute approximate surface area is 182 Å². The van der Waals surface area contributed by atoms with Crippen molar-refractivity contribution in [3.8, 4) is 11.8 Å². The number of nitrogens with zero attached hydrogens (tertiary/aromatic N) is 3. The quantitative estimate of drug-likeness (QED) is 0.285. The van der Waals surface area contributed by atoms with Crippen molar-refractivity contribution in [3.05, 3.63) is 47.3 Å². The summed E-state index contributed by atoms with van der Waals surface area (Å²) in [6.45, 7) is 6.00. The van der Waals surface area contributed by atoms with Gasteiger partial charge >= 0.3 is 11.9 Å². The number of hydrogen-bond donors (Lipinski definition) is 1. The lowest BCUT2D eigenvalue weighted by molar-refractivity contribution is -0.138. The molecule has 0 aliphatic carbocycles. The number of ether oxygens (including phenoxy) is 3. The number of benzene rings is 1. The summed E-state index contributed by atoms with van der Waals surface area (Å²) in [6, 6.07) is 9.53. The molecule has 0 amide bonds. The van der Waals surface area contributed by atoms with Gasteiger partial charge in [-0.15, -0.1) is 0 Å². The first kappa shape index (κ1) is 23.6. The molecular formula is C22H28N4O5. The molecule has 1 aliphatic heterocycles. The van der Waals surface area contributed by atoms with Gasteiger partial charge in [0.2, 0.25) is 0 Å². The molecule has 2 N–H and O–H groups in total. The number of piperazine rings is 1. The Hall–Kier alpha value is -3.67. The summed E-state index contributed by atoms with van der Waals surface area (Å²) in [6.07, 6.45) is 1.14. The Morgan fingerprint density at radius 1 is 1.06 bits per heavy atom. The summed E-state index contributed by atoms with van der Waals surface area (Å²) in [5.74, 6) is -0.571. The number of nitriles is 1. The summed E-state index contributed by atoms with van der Waals surface area (Å²) in [4.78, 5) is 28.5. The van der Waals surface area contributed by atoms with Gasteiger partial charge in [-0.3, -0.25) is 0 Å². The van der Waals surface area contributed by atoms with Crippen LogP contribution in [-0.2, 0) is 19.1 Å². The molecule has 9 heteroatoms. The Balaban J connectivity index is 2.23. The lowest BCUT2D eigenvalue weighted by Crippen LogP contribution is -2.48. The van der Waals surface area contributed by atoms with Gasteiger partial charge in [-0.2, -0.15) is 5.26 Å². The molecule has 1 fully saturated rings. The van der Waals surface area contributed by atoms with Gasteiger partial charge in [0.25, 0.3) is 0 Å². The minimum Gasteiger partial charge on any atom is -0.497 e. The van der Waals surface area contributed by atoms with E-state index in [4.69, 9.17) is 19.9 Å². The minimum atomic E-state index is -0.816. The van der Waals surface area contributed by atoms with Crippen molar-refractivity contribution >= 4 is 17.6 Å². The number of carbonyl (C=O) groups excluding carboxylic acids is 2. The number of rotatable bonds is 8. The van der Waals surface area contributed by atoms with Crippen LogP contribution in [-0.4, -0.2) is 63.3 Å². The molecule has 9 nitrogen and oxygen atoms in total. The summed E-state index contributed by atoms with van der Waals surface area (Å²) >= 11 is 0. The number of nitrogens with two attached hydrogens (primary N) is 1. The maximum atomic E-state index is 12.5. The van der Waals surface area contributed by atoms with Crippen LogP contribution in [0.1, 0.15) is 13.8 Å². The number of anilines is 1. The highest BCUT2D eigenvalue weighted by Crippen LogP contribution is 2.22. The fourth-order valence-corrected chi connectivity index (χ4v) is 3.11. The predicted molar refractivity (Wildman–Crippen MR) is 115 cm³/mol. The molecule has 0 unspecified atom stereocenters. The monoisotopic (exact) mass is 428 g/mol. The van der Waals surface area contributed by atoms with E-state index in [1.54, 1.807) is 27.0 Å². The topological polar surface area (TPSA) is 118 Å². The third kappa shape index (κ3) is 6.15. The van der Waals surface area contributed by atoms with Gasteiger partial charge < -0.3 is 29.7 Å². The molecule has 0 saturated carbocycles. The fourth-order valence-electron chi connectivity index (χ4n) is 3.11. The van der Waals surface area contributed by atoms with E-state index in [1.165, 1.54) is 0 Å². The maximum Gasteiger partial charge on any atom is 0.348 e. The molecular weight excluding hydrogens is 400 g/mol. The molecule has 0 spiro atoms. The van der Waals surface area contributed by atoms with Crippen molar-refractivity contribution in [2.24, 2.45) is 5.73 Å². The first-order chi connectivity index (χ1) is 14.9. The zero-order valence-electron chi connectivity index (χ0n) is 18.1. The van der Waals surface area contributed by atoms with Crippen LogP contribution in [0.2, 0.25) is 0 Å². The molecule has 2 rings (SSSR count). The van der Waals surface area contributed by atoms with E-state index in [9.17, 15) is 14.9 Å². The zero-order valence-corrected chi connectivity index (χ0v) is 18.1. The molecule has 1 saturated heterocycles. The van der Waals surface area contributed by atoms with Crippen LogP contribution < -0.4 is 15.4 Å². The summed E-state index contributed by atoms with van der Waals surface area (Å²) in [7, 11) is 1.62. The van der Waals surface area contributed by atoms with E-state index < -0.39 is 11.9 Å². The summed E-state index contributed by atoms with van der Waals surface area (Å²) < 4.78 is 15.1. The van der Waals surface area contributed by atoms with Crippen LogP contribution in [0.15, 0.2) is 47.3 Å².